The quantitative estimate of drug-likeness (QED) is 0.471. The Labute approximate surface area is 141 Å². The molecule has 0 saturated heterocycles. The van der Waals surface area contributed by atoms with Gasteiger partial charge in [0, 0.05) is 24.2 Å². The molecule has 1 fully saturated rings. The van der Waals surface area contributed by atoms with Gasteiger partial charge >= 0.3 is 0 Å². The molecule has 0 bridgehead atoms. The fourth-order valence-corrected chi connectivity index (χ4v) is 2.73. The third-order valence-corrected chi connectivity index (χ3v) is 4.16. The largest absolute Gasteiger partial charge is 0.383 e. The van der Waals surface area contributed by atoms with Crippen LogP contribution in [0, 0.1) is 16.0 Å². The predicted octanol–water partition coefficient (Wildman–Crippen LogP) is 3.03. The van der Waals surface area contributed by atoms with Gasteiger partial charge in [0.25, 0.3) is 11.6 Å². The Morgan fingerprint density at radius 3 is 2.92 bits per heavy atom. The number of amides is 1. The zero-order valence-electron chi connectivity index (χ0n) is 13.8. The number of nitro benzene ring substituents is 1. The van der Waals surface area contributed by atoms with Crippen LogP contribution < -0.4 is 5.32 Å². The number of non-ortho nitro benzene ring substituents is 1. The molecule has 1 aliphatic rings. The van der Waals surface area contributed by atoms with Crippen LogP contribution >= 0.6 is 0 Å². The molecule has 0 aliphatic heterocycles. The average Bonchev–Trinajstić information content (AvgIpc) is 2.60. The van der Waals surface area contributed by atoms with E-state index in [1.807, 2.05) is 0 Å². The van der Waals surface area contributed by atoms with Crippen molar-refractivity contribution in [2.75, 3.05) is 6.54 Å². The first-order valence-corrected chi connectivity index (χ1v) is 8.27. The van der Waals surface area contributed by atoms with Gasteiger partial charge in [-0.25, -0.2) is 0 Å². The topological polar surface area (TPSA) is 93.8 Å². The summed E-state index contributed by atoms with van der Waals surface area (Å²) in [5.74, 6) is 0.361. The molecule has 7 nitrogen and oxygen atoms in total. The summed E-state index contributed by atoms with van der Waals surface area (Å²) < 4.78 is 0. The molecule has 0 heterocycles. The number of oxime groups is 1. The Kier molecular flexibility index (Phi) is 6.72. The van der Waals surface area contributed by atoms with Crippen molar-refractivity contribution < 1.29 is 14.6 Å². The number of rotatable bonds is 7. The van der Waals surface area contributed by atoms with Gasteiger partial charge in [0.05, 0.1) is 11.1 Å². The van der Waals surface area contributed by atoms with Gasteiger partial charge in [0.2, 0.25) is 6.10 Å². The zero-order valence-corrected chi connectivity index (χ0v) is 13.8. The van der Waals surface area contributed by atoms with Crippen molar-refractivity contribution in [3.8, 4) is 0 Å². The van der Waals surface area contributed by atoms with Crippen molar-refractivity contribution in [1.29, 1.82) is 0 Å². The van der Waals surface area contributed by atoms with Gasteiger partial charge in [-0.15, -0.1) is 0 Å². The molecule has 0 spiro atoms. The molecule has 1 aromatic rings. The number of nitro groups is 1. The van der Waals surface area contributed by atoms with Gasteiger partial charge in [-0.05, 0) is 25.7 Å². The maximum atomic E-state index is 12.0. The highest BCUT2D eigenvalue weighted by Crippen LogP contribution is 2.22. The maximum Gasteiger partial charge on any atom is 0.270 e. The van der Waals surface area contributed by atoms with Crippen LogP contribution in [0.1, 0.15) is 44.6 Å². The second-order valence-electron chi connectivity index (χ2n) is 6.08. The van der Waals surface area contributed by atoms with Crippen LogP contribution in [-0.2, 0) is 9.63 Å². The van der Waals surface area contributed by atoms with Gasteiger partial charge < -0.3 is 10.2 Å². The molecular weight excluding hydrogens is 310 g/mol. The number of hydrogen-bond donors (Lipinski definition) is 1. The molecule has 1 aliphatic carbocycles. The molecule has 0 radical (unpaired) electrons. The fraction of sp³-hybridized carbons (Fsp3) is 0.529. The van der Waals surface area contributed by atoms with Crippen molar-refractivity contribution in [3.05, 3.63) is 39.9 Å². The summed E-state index contributed by atoms with van der Waals surface area (Å²) in [6.45, 7) is 2.31. The van der Waals surface area contributed by atoms with E-state index >= 15 is 0 Å². The summed E-state index contributed by atoms with van der Waals surface area (Å²) in [5, 5.41) is 17.4. The first-order chi connectivity index (χ1) is 11.6. The second kappa shape index (κ2) is 9.00. The highest BCUT2D eigenvalue weighted by atomic mass is 16.6. The number of hydrogen-bond acceptors (Lipinski definition) is 5. The molecule has 1 aromatic carbocycles. The van der Waals surface area contributed by atoms with Crippen LogP contribution in [0.3, 0.4) is 0 Å². The standard InChI is InChI=1S/C17H23N3O4/c1-13(17(21)18-11-14-6-3-2-4-7-14)24-19-12-15-8-5-9-16(10-15)20(22)23/h5,8-10,12-14H,2-4,6-7,11H2,1H3,(H,18,21). The Morgan fingerprint density at radius 2 is 2.21 bits per heavy atom. The van der Waals surface area contributed by atoms with Gasteiger partial charge in [-0.1, -0.05) is 36.6 Å². The van der Waals surface area contributed by atoms with E-state index in [1.165, 1.54) is 50.5 Å². The van der Waals surface area contributed by atoms with Crippen LogP contribution in [0.5, 0.6) is 0 Å². The Hall–Kier alpha value is -2.44. The van der Waals surface area contributed by atoms with Crippen molar-refractivity contribution in [1.82, 2.24) is 5.32 Å². The molecule has 24 heavy (non-hydrogen) atoms. The lowest BCUT2D eigenvalue weighted by molar-refractivity contribution is -0.384. The van der Waals surface area contributed by atoms with E-state index in [9.17, 15) is 14.9 Å². The SMILES string of the molecule is CC(ON=Cc1cccc([N+](=O)[O-])c1)C(=O)NCC1CCCCC1. The average molecular weight is 333 g/mol. The Morgan fingerprint density at radius 1 is 1.46 bits per heavy atom. The number of carbonyl (C=O) groups excluding carboxylic acids is 1. The van der Waals surface area contributed by atoms with Gasteiger partial charge in [-0.3, -0.25) is 14.9 Å². The summed E-state index contributed by atoms with van der Waals surface area (Å²) in [6.07, 6.45) is 6.75. The van der Waals surface area contributed by atoms with E-state index in [-0.39, 0.29) is 11.6 Å². The van der Waals surface area contributed by atoms with Gasteiger partial charge in [0.1, 0.15) is 0 Å². The minimum Gasteiger partial charge on any atom is -0.383 e. The third kappa shape index (κ3) is 5.64. The van der Waals surface area contributed by atoms with Crippen LogP contribution in [0.25, 0.3) is 0 Å². The lowest BCUT2D eigenvalue weighted by atomic mass is 9.89. The van der Waals surface area contributed by atoms with Crippen LogP contribution in [-0.4, -0.2) is 29.7 Å². The fourth-order valence-electron chi connectivity index (χ4n) is 2.73. The van der Waals surface area contributed by atoms with Crippen LogP contribution in [0.15, 0.2) is 29.4 Å². The monoisotopic (exact) mass is 333 g/mol. The van der Waals surface area contributed by atoms with Gasteiger partial charge in [0.15, 0.2) is 0 Å². The molecule has 2 rings (SSSR count). The smallest absolute Gasteiger partial charge is 0.270 e. The highest BCUT2D eigenvalue weighted by molar-refractivity contribution is 5.81. The van der Waals surface area contributed by atoms with E-state index in [0.717, 1.165) is 0 Å². The molecule has 1 saturated carbocycles. The molecule has 1 unspecified atom stereocenters. The van der Waals surface area contributed by atoms with E-state index in [4.69, 9.17) is 4.84 Å². The Balaban J connectivity index is 1.76. The van der Waals surface area contributed by atoms with E-state index < -0.39 is 11.0 Å². The first-order valence-electron chi connectivity index (χ1n) is 8.27. The van der Waals surface area contributed by atoms with Crippen molar-refractivity contribution in [2.24, 2.45) is 11.1 Å². The number of benzene rings is 1. The minimum atomic E-state index is -0.705. The van der Waals surface area contributed by atoms with Crippen LogP contribution in [0.2, 0.25) is 0 Å². The summed E-state index contributed by atoms with van der Waals surface area (Å²) in [5.41, 5.74) is 0.524. The molecule has 0 aromatic heterocycles. The molecule has 7 heteroatoms. The number of nitrogens with one attached hydrogen (secondary N) is 1. The molecular formula is C17H23N3O4. The van der Waals surface area contributed by atoms with Crippen molar-refractivity contribution in [3.63, 3.8) is 0 Å². The molecule has 1 N–H and O–H groups in total. The van der Waals surface area contributed by atoms with E-state index in [1.54, 1.807) is 19.1 Å². The lowest BCUT2D eigenvalue weighted by Crippen LogP contribution is -2.37. The minimum absolute atomic E-state index is 0.0165. The predicted molar refractivity (Wildman–Crippen MR) is 90.8 cm³/mol. The maximum absolute atomic E-state index is 12.0. The Bertz CT molecular complexity index is 597. The summed E-state index contributed by atoms with van der Waals surface area (Å²) in [4.78, 5) is 27.3. The summed E-state index contributed by atoms with van der Waals surface area (Å²) >= 11 is 0. The highest BCUT2D eigenvalue weighted by Gasteiger charge is 2.18. The molecule has 1 amide bonds. The van der Waals surface area contributed by atoms with Crippen LogP contribution in [0.4, 0.5) is 5.69 Å². The summed E-state index contributed by atoms with van der Waals surface area (Å²) in [6, 6.07) is 6.04. The lowest BCUT2D eigenvalue weighted by Gasteiger charge is -2.22. The molecule has 1 atom stereocenters. The number of carbonyl (C=O) groups is 1. The van der Waals surface area contributed by atoms with Crippen molar-refractivity contribution >= 4 is 17.8 Å². The normalized spacial score (nSPS) is 16.7. The number of nitrogens with zero attached hydrogens (tertiary/aromatic N) is 2. The van der Waals surface area contributed by atoms with Gasteiger partial charge in [-0.2, -0.15) is 0 Å². The molecule has 130 valence electrons. The second-order valence-corrected chi connectivity index (χ2v) is 6.08. The first kappa shape index (κ1) is 17.9. The van der Waals surface area contributed by atoms with E-state index in [0.29, 0.717) is 18.0 Å². The third-order valence-electron chi connectivity index (χ3n) is 4.16. The zero-order chi connectivity index (χ0) is 17.4. The van der Waals surface area contributed by atoms with Crippen molar-refractivity contribution in [2.45, 2.75) is 45.1 Å². The summed E-state index contributed by atoms with van der Waals surface area (Å²) in [7, 11) is 0. The van der Waals surface area contributed by atoms with E-state index in [2.05, 4.69) is 10.5 Å².